The van der Waals surface area contributed by atoms with Crippen LogP contribution in [-0.4, -0.2) is 36.8 Å². The number of hydrogen-bond donors (Lipinski definition) is 1. The molecule has 0 saturated carbocycles. The Labute approximate surface area is 145 Å². The largest absolute Gasteiger partial charge is 0.471 e. The molecule has 1 atom stereocenters. The first-order chi connectivity index (χ1) is 11.7. The summed E-state index contributed by atoms with van der Waals surface area (Å²) in [4.78, 5) is 16.3. The smallest absolute Gasteiger partial charge is 0.252 e. The number of amides is 1. The normalized spacial score (nSPS) is 16.8. The molecule has 24 heavy (non-hydrogen) atoms. The van der Waals surface area contributed by atoms with Crippen LogP contribution in [0.15, 0.2) is 42.6 Å². The van der Waals surface area contributed by atoms with E-state index < -0.39 is 0 Å². The molecule has 6 heteroatoms. The summed E-state index contributed by atoms with van der Waals surface area (Å²) >= 11 is 6.17. The number of aromatic nitrogens is 1. The minimum atomic E-state index is -0.198. The molecule has 1 unspecified atom stereocenters. The molecule has 1 saturated heterocycles. The van der Waals surface area contributed by atoms with Gasteiger partial charge in [0, 0.05) is 19.2 Å². The topological polar surface area (TPSA) is 60.5 Å². The molecule has 0 spiro atoms. The summed E-state index contributed by atoms with van der Waals surface area (Å²) in [7, 11) is 0. The van der Waals surface area contributed by atoms with Crippen molar-refractivity contribution in [2.45, 2.75) is 18.9 Å². The van der Waals surface area contributed by atoms with Gasteiger partial charge in [-0.05, 0) is 18.1 Å². The maximum atomic E-state index is 12.2. The number of nitrogens with zero attached hydrogens (tertiary/aromatic N) is 1. The summed E-state index contributed by atoms with van der Waals surface area (Å²) in [5, 5.41) is 3.20. The number of rotatable bonds is 6. The van der Waals surface area contributed by atoms with Gasteiger partial charge in [0.2, 0.25) is 5.88 Å². The van der Waals surface area contributed by atoms with E-state index in [9.17, 15) is 4.79 Å². The first-order valence-corrected chi connectivity index (χ1v) is 8.32. The molecule has 1 aromatic carbocycles. The van der Waals surface area contributed by atoms with Gasteiger partial charge in [0.1, 0.15) is 11.1 Å². The second-order valence-electron chi connectivity index (χ2n) is 5.61. The first-order valence-electron chi connectivity index (χ1n) is 7.94. The molecule has 0 aliphatic carbocycles. The van der Waals surface area contributed by atoms with Gasteiger partial charge in [-0.15, -0.1) is 0 Å². The van der Waals surface area contributed by atoms with Crippen molar-refractivity contribution in [3.05, 3.63) is 58.7 Å². The number of benzene rings is 1. The van der Waals surface area contributed by atoms with E-state index in [-0.39, 0.29) is 12.0 Å². The number of halogens is 1. The van der Waals surface area contributed by atoms with Gasteiger partial charge in [0.05, 0.1) is 18.8 Å². The minimum Gasteiger partial charge on any atom is -0.471 e. The number of pyridine rings is 1. The Balaban J connectivity index is 1.53. The number of carbonyl (C=O) groups excluding carboxylic acids is 1. The van der Waals surface area contributed by atoms with Gasteiger partial charge in [-0.3, -0.25) is 4.79 Å². The Bertz CT molecular complexity index is 688. The van der Waals surface area contributed by atoms with E-state index in [0.717, 1.165) is 12.8 Å². The molecule has 1 aliphatic heterocycles. The van der Waals surface area contributed by atoms with Crippen molar-refractivity contribution in [1.82, 2.24) is 10.3 Å². The van der Waals surface area contributed by atoms with E-state index in [1.807, 2.05) is 30.3 Å². The summed E-state index contributed by atoms with van der Waals surface area (Å²) < 4.78 is 10.9. The Morgan fingerprint density at radius 1 is 1.38 bits per heavy atom. The van der Waals surface area contributed by atoms with E-state index in [1.165, 1.54) is 11.8 Å². The molecule has 126 valence electrons. The average molecular weight is 347 g/mol. The molecular formula is C18H19ClN2O3. The fourth-order valence-corrected chi connectivity index (χ4v) is 2.68. The lowest BCUT2D eigenvalue weighted by Crippen LogP contribution is -2.26. The van der Waals surface area contributed by atoms with Crippen LogP contribution < -0.4 is 10.1 Å². The first kappa shape index (κ1) is 16.7. The third kappa shape index (κ3) is 4.46. The fourth-order valence-electron chi connectivity index (χ4n) is 2.47. The number of hydrogen-bond acceptors (Lipinski definition) is 4. The average Bonchev–Trinajstić information content (AvgIpc) is 3.10. The summed E-state index contributed by atoms with van der Waals surface area (Å²) in [5.74, 6) is 0.143. The van der Waals surface area contributed by atoms with Crippen molar-refractivity contribution in [3.8, 4) is 5.88 Å². The lowest BCUT2D eigenvalue weighted by molar-refractivity contribution is 0.0953. The fraction of sp³-hybridized carbons (Fsp3) is 0.333. The maximum absolute atomic E-state index is 12.2. The standard InChI is InChI=1S/C18H19ClN2O3/c19-16-10-14(11-21-18(16)24-15-7-9-23-12-15)17(22)20-8-6-13-4-2-1-3-5-13/h1-5,10-11,15H,6-9,12H2,(H,20,22). The molecule has 1 fully saturated rings. The number of carbonyl (C=O) groups is 1. The van der Waals surface area contributed by atoms with E-state index in [0.29, 0.717) is 36.2 Å². The second kappa shape index (κ2) is 8.13. The molecule has 5 nitrogen and oxygen atoms in total. The summed E-state index contributed by atoms with van der Waals surface area (Å²) in [6, 6.07) is 11.6. The van der Waals surface area contributed by atoms with E-state index in [4.69, 9.17) is 21.1 Å². The van der Waals surface area contributed by atoms with Gasteiger partial charge < -0.3 is 14.8 Å². The number of ether oxygens (including phenoxy) is 2. The SMILES string of the molecule is O=C(NCCc1ccccc1)c1cnc(OC2CCOC2)c(Cl)c1. The zero-order valence-electron chi connectivity index (χ0n) is 13.2. The van der Waals surface area contributed by atoms with E-state index in [1.54, 1.807) is 6.07 Å². The van der Waals surface area contributed by atoms with Crippen LogP contribution in [0.3, 0.4) is 0 Å². The van der Waals surface area contributed by atoms with E-state index >= 15 is 0 Å². The minimum absolute atomic E-state index is 0.0273. The second-order valence-corrected chi connectivity index (χ2v) is 6.01. The highest BCUT2D eigenvalue weighted by Crippen LogP contribution is 2.25. The predicted molar refractivity (Wildman–Crippen MR) is 91.6 cm³/mol. The van der Waals surface area contributed by atoms with Gasteiger partial charge in [-0.1, -0.05) is 41.9 Å². The Morgan fingerprint density at radius 2 is 2.21 bits per heavy atom. The maximum Gasteiger partial charge on any atom is 0.252 e. The molecule has 1 amide bonds. The van der Waals surface area contributed by atoms with Crippen LogP contribution in [0.2, 0.25) is 5.02 Å². The highest BCUT2D eigenvalue weighted by atomic mass is 35.5. The highest BCUT2D eigenvalue weighted by Gasteiger charge is 2.19. The van der Waals surface area contributed by atoms with Crippen LogP contribution in [0, 0.1) is 0 Å². The monoisotopic (exact) mass is 346 g/mol. The van der Waals surface area contributed by atoms with Crippen LogP contribution in [-0.2, 0) is 11.2 Å². The summed E-state index contributed by atoms with van der Waals surface area (Å²) in [6.07, 6.45) is 3.05. The summed E-state index contributed by atoms with van der Waals surface area (Å²) in [6.45, 7) is 1.78. The molecule has 1 N–H and O–H groups in total. The van der Waals surface area contributed by atoms with E-state index in [2.05, 4.69) is 10.3 Å². The van der Waals surface area contributed by atoms with Crippen molar-refractivity contribution in [1.29, 1.82) is 0 Å². The predicted octanol–water partition coefficient (Wildman–Crippen LogP) is 2.88. The summed E-state index contributed by atoms with van der Waals surface area (Å²) in [5.41, 5.74) is 1.60. The van der Waals surface area contributed by atoms with Gasteiger partial charge in [0.25, 0.3) is 5.91 Å². The Hall–Kier alpha value is -2.11. The van der Waals surface area contributed by atoms with Crippen LogP contribution >= 0.6 is 11.6 Å². The van der Waals surface area contributed by atoms with Crippen LogP contribution in [0.4, 0.5) is 0 Å². The molecule has 0 bridgehead atoms. The van der Waals surface area contributed by atoms with Crippen LogP contribution in [0.5, 0.6) is 5.88 Å². The van der Waals surface area contributed by atoms with Crippen molar-refractivity contribution < 1.29 is 14.3 Å². The lowest BCUT2D eigenvalue weighted by Gasteiger charge is -2.12. The third-order valence-corrected chi connectivity index (χ3v) is 4.05. The van der Waals surface area contributed by atoms with Crippen molar-refractivity contribution in [2.75, 3.05) is 19.8 Å². The molecule has 3 rings (SSSR count). The Kier molecular flexibility index (Phi) is 5.67. The molecular weight excluding hydrogens is 328 g/mol. The van der Waals surface area contributed by atoms with Crippen LogP contribution in [0.1, 0.15) is 22.3 Å². The third-order valence-electron chi connectivity index (χ3n) is 3.78. The quantitative estimate of drug-likeness (QED) is 0.873. The van der Waals surface area contributed by atoms with Crippen LogP contribution in [0.25, 0.3) is 0 Å². The number of nitrogens with one attached hydrogen (secondary N) is 1. The van der Waals surface area contributed by atoms with Gasteiger partial charge >= 0.3 is 0 Å². The highest BCUT2D eigenvalue weighted by molar-refractivity contribution is 6.32. The zero-order chi connectivity index (χ0) is 16.8. The van der Waals surface area contributed by atoms with Gasteiger partial charge in [0.15, 0.2) is 0 Å². The van der Waals surface area contributed by atoms with Gasteiger partial charge in [-0.25, -0.2) is 4.98 Å². The molecule has 1 aromatic heterocycles. The van der Waals surface area contributed by atoms with Crippen molar-refractivity contribution in [2.24, 2.45) is 0 Å². The van der Waals surface area contributed by atoms with Gasteiger partial charge in [-0.2, -0.15) is 0 Å². The lowest BCUT2D eigenvalue weighted by atomic mass is 10.1. The Morgan fingerprint density at radius 3 is 2.92 bits per heavy atom. The zero-order valence-corrected chi connectivity index (χ0v) is 14.0. The molecule has 2 heterocycles. The van der Waals surface area contributed by atoms with Crippen molar-refractivity contribution in [3.63, 3.8) is 0 Å². The molecule has 0 radical (unpaired) electrons. The van der Waals surface area contributed by atoms with Crippen molar-refractivity contribution >= 4 is 17.5 Å². The molecule has 1 aliphatic rings. The molecule has 2 aromatic rings.